The Labute approximate surface area is 182 Å². The van der Waals surface area contributed by atoms with E-state index in [1.807, 2.05) is 70.2 Å². The minimum Gasteiger partial charge on any atom is -0.445 e. The van der Waals surface area contributed by atoms with Gasteiger partial charge in [0.2, 0.25) is 0 Å². The third-order valence-electron chi connectivity index (χ3n) is 4.94. The molecule has 1 aliphatic carbocycles. The number of nitrogens with zero attached hydrogens (tertiary/aromatic N) is 2. The van der Waals surface area contributed by atoms with Crippen molar-refractivity contribution < 1.29 is 19.1 Å². The lowest BCUT2D eigenvalue weighted by Crippen LogP contribution is -2.39. The summed E-state index contributed by atoms with van der Waals surface area (Å²) in [4.78, 5) is 24.0. The lowest BCUT2D eigenvalue weighted by Gasteiger charge is -2.23. The second-order valence-electron chi connectivity index (χ2n) is 8.90. The summed E-state index contributed by atoms with van der Waals surface area (Å²) in [6, 6.07) is 13.3. The van der Waals surface area contributed by atoms with E-state index in [1.54, 1.807) is 0 Å². The van der Waals surface area contributed by atoms with Gasteiger partial charge < -0.3 is 20.1 Å². The molecular weight excluding hydrogens is 396 g/mol. The van der Waals surface area contributed by atoms with Crippen molar-refractivity contribution in [2.45, 2.75) is 64.2 Å². The van der Waals surface area contributed by atoms with Crippen LogP contribution in [0.2, 0.25) is 0 Å². The number of carbonyl (C=O) groups is 2. The van der Waals surface area contributed by atoms with E-state index in [4.69, 9.17) is 9.47 Å². The molecule has 8 nitrogen and oxygen atoms in total. The zero-order chi connectivity index (χ0) is 22.5. The minimum absolute atomic E-state index is 0.0419. The highest BCUT2D eigenvalue weighted by molar-refractivity contribution is 5.70. The molecule has 3 rings (SSSR count). The fourth-order valence-electron chi connectivity index (χ4n) is 3.04. The zero-order valence-electron chi connectivity index (χ0n) is 18.5. The second-order valence-corrected chi connectivity index (χ2v) is 8.90. The Morgan fingerprint density at radius 1 is 1.06 bits per heavy atom. The van der Waals surface area contributed by atoms with Gasteiger partial charge in [-0.2, -0.15) is 10.2 Å². The van der Waals surface area contributed by atoms with Crippen LogP contribution in [0.25, 0.3) is 0 Å². The van der Waals surface area contributed by atoms with Gasteiger partial charge in [-0.25, -0.2) is 9.59 Å². The van der Waals surface area contributed by atoms with Crippen LogP contribution in [0.15, 0.2) is 42.5 Å². The van der Waals surface area contributed by atoms with E-state index >= 15 is 0 Å². The molecule has 2 aromatic rings. The van der Waals surface area contributed by atoms with Crippen LogP contribution in [0.3, 0.4) is 0 Å². The van der Waals surface area contributed by atoms with Gasteiger partial charge >= 0.3 is 12.2 Å². The summed E-state index contributed by atoms with van der Waals surface area (Å²) in [5.74, 6) is -0.0419. The third-order valence-corrected chi connectivity index (χ3v) is 4.94. The Morgan fingerprint density at radius 2 is 1.77 bits per heavy atom. The van der Waals surface area contributed by atoms with E-state index in [0.717, 1.165) is 24.1 Å². The molecule has 1 heterocycles. The van der Waals surface area contributed by atoms with Gasteiger partial charge in [-0.3, -0.25) is 0 Å². The minimum atomic E-state index is -0.555. The summed E-state index contributed by atoms with van der Waals surface area (Å²) in [6.45, 7) is 8.03. The van der Waals surface area contributed by atoms with Crippen LogP contribution in [0.4, 0.5) is 9.59 Å². The Balaban J connectivity index is 1.48. The van der Waals surface area contributed by atoms with Gasteiger partial charge in [0.25, 0.3) is 0 Å². The molecule has 1 saturated carbocycles. The molecule has 1 aromatic heterocycles. The largest absolute Gasteiger partial charge is 0.445 e. The second kappa shape index (κ2) is 9.32. The number of carbonyl (C=O) groups excluding carboxylic acids is 2. The quantitative estimate of drug-likeness (QED) is 0.693. The number of rotatable bonds is 7. The molecule has 0 aliphatic heterocycles. The van der Waals surface area contributed by atoms with Crippen molar-refractivity contribution in [1.29, 1.82) is 0 Å². The lowest BCUT2D eigenvalue weighted by atomic mass is 10.1. The molecule has 0 bridgehead atoms. The molecule has 166 valence electrons. The van der Waals surface area contributed by atoms with E-state index in [2.05, 4.69) is 20.8 Å². The number of nitrogens with one attached hydrogen (secondary N) is 2. The first kappa shape index (κ1) is 22.5. The molecule has 1 atom stereocenters. The monoisotopic (exact) mass is 426 g/mol. The van der Waals surface area contributed by atoms with Crippen LogP contribution in [-0.4, -0.2) is 34.5 Å². The summed E-state index contributed by atoms with van der Waals surface area (Å²) in [7, 11) is 0. The fourth-order valence-corrected chi connectivity index (χ4v) is 3.04. The number of aromatic nitrogens is 2. The Bertz CT molecular complexity index is 890. The predicted molar refractivity (Wildman–Crippen MR) is 115 cm³/mol. The summed E-state index contributed by atoms with van der Waals surface area (Å²) in [6.07, 6.45) is 0.663. The average molecular weight is 427 g/mol. The number of alkyl carbamates (subject to hydrolysis) is 2. The first-order valence-corrected chi connectivity index (χ1v) is 10.5. The van der Waals surface area contributed by atoms with Gasteiger partial charge in [-0.1, -0.05) is 37.3 Å². The van der Waals surface area contributed by atoms with E-state index in [1.165, 1.54) is 0 Å². The van der Waals surface area contributed by atoms with E-state index < -0.39 is 23.3 Å². The molecule has 2 amide bonds. The van der Waals surface area contributed by atoms with Crippen LogP contribution >= 0.6 is 0 Å². The third kappa shape index (κ3) is 6.67. The van der Waals surface area contributed by atoms with Crippen molar-refractivity contribution in [2.75, 3.05) is 6.54 Å². The average Bonchev–Trinajstić information content (AvgIpc) is 3.50. The van der Waals surface area contributed by atoms with Crippen molar-refractivity contribution in [3.8, 4) is 0 Å². The molecule has 1 unspecified atom stereocenters. The van der Waals surface area contributed by atoms with Crippen LogP contribution in [-0.2, 0) is 21.6 Å². The molecule has 0 saturated heterocycles. The molecule has 31 heavy (non-hydrogen) atoms. The molecule has 0 radical (unpaired) electrons. The van der Waals surface area contributed by atoms with E-state index in [0.29, 0.717) is 12.2 Å². The van der Waals surface area contributed by atoms with Gasteiger partial charge in [-0.15, -0.1) is 0 Å². The molecule has 8 heteroatoms. The summed E-state index contributed by atoms with van der Waals surface area (Å²) < 4.78 is 10.6. The summed E-state index contributed by atoms with van der Waals surface area (Å²) >= 11 is 0. The lowest BCUT2D eigenvalue weighted by molar-refractivity contribution is 0.0493. The van der Waals surface area contributed by atoms with Crippen LogP contribution in [0.1, 0.15) is 63.4 Å². The fraction of sp³-hybridized carbons (Fsp3) is 0.478. The Hall–Kier alpha value is -3.16. The molecule has 1 aromatic carbocycles. The highest BCUT2D eigenvalue weighted by Gasteiger charge is 2.48. The Morgan fingerprint density at radius 3 is 2.35 bits per heavy atom. The molecule has 1 aliphatic rings. The van der Waals surface area contributed by atoms with Crippen molar-refractivity contribution in [1.82, 2.24) is 20.8 Å². The maximum absolute atomic E-state index is 12.1. The van der Waals surface area contributed by atoms with E-state index in [-0.39, 0.29) is 12.5 Å². The smallest absolute Gasteiger partial charge is 0.408 e. The van der Waals surface area contributed by atoms with Crippen LogP contribution < -0.4 is 10.6 Å². The van der Waals surface area contributed by atoms with Gasteiger partial charge in [0.1, 0.15) is 12.2 Å². The summed E-state index contributed by atoms with van der Waals surface area (Å²) in [5.41, 5.74) is 1.34. The number of amides is 2. The highest BCUT2D eigenvalue weighted by Crippen LogP contribution is 2.44. The van der Waals surface area contributed by atoms with Crippen molar-refractivity contribution in [2.24, 2.45) is 0 Å². The summed E-state index contributed by atoms with van der Waals surface area (Å²) in [5, 5.41) is 14.3. The van der Waals surface area contributed by atoms with Gasteiger partial charge in [0.15, 0.2) is 0 Å². The molecule has 0 spiro atoms. The van der Waals surface area contributed by atoms with Crippen molar-refractivity contribution >= 4 is 12.2 Å². The molecule has 2 N–H and O–H groups in total. The maximum Gasteiger partial charge on any atom is 0.408 e. The first-order chi connectivity index (χ1) is 14.7. The zero-order valence-corrected chi connectivity index (χ0v) is 18.5. The maximum atomic E-state index is 12.1. The molecule has 1 fully saturated rings. The predicted octanol–water partition coefficient (Wildman–Crippen LogP) is 4.02. The standard InChI is InChI=1S/C23H30N4O4/c1-16(14-24-20(28)30-15-17-8-6-5-7-9-17)18-10-11-19(27-26-18)23(12-13-23)25-21(29)31-22(2,3)4/h5-11,16H,12-15H2,1-4H3,(H,24,28)(H,25,29). The Kier molecular flexibility index (Phi) is 6.77. The van der Waals surface area contributed by atoms with Crippen LogP contribution in [0, 0.1) is 0 Å². The number of hydrogen-bond acceptors (Lipinski definition) is 6. The number of benzene rings is 1. The normalized spacial score (nSPS) is 15.5. The van der Waals surface area contributed by atoms with Crippen molar-refractivity contribution in [3.05, 3.63) is 59.4 Å². The number of ether oxygens (including phenoxy) is 2. The van der Waals surface area contributed by atoms with Gasteiger partial charge in [0, 0.05) is 12.5 Å². The highest BCUT2D eigenvalue weighted by atomic mass is 16.6. The SMILES string of the molecule is CC(CNC(=O)OCc1ccccc1)c1ccc(C2(NC(=O)OC(C)(C)C)CC2)nn1. The number of hydrogen-bond donors (Lipinski definition) is 2. The van der Waals surface area contributed by atoms with Crippen LogP contribution in [0.5, 0.6) is 0 Å². The van der Waals surface area contributed by atoms with E-state index in [9.17, 15) is 9.59 Å². The molecular formula is C23H30N4O4. The van der Waals surface area contributed by atoms with Gasteiger partial charge in [0.05, 0.1) is 16.9 Å². The van der Waals surface area contributed by atoms with Crippen molar-refractivity contribution in [3.63, 3.8) is 0 Å². The van der Waals surface area contributed by atoms with Gasteiger partial charge in [-0.05, 0) is 51.3 Å². The first-order valence-electron chi connectivity index (χ1n) is 10.5. The topological polar surface area (TPSA) is 102 Å².